The van der Waals surface area contributed by atoms with Crippen LogP contribution in [0.4, 0.5) is 0 Å². The molecule has 8 aromatic carbocycles. The van der Waals surface area contributed by atoms with Crippen molar-refractivity contribution in [2.24, 2.45) is 0 Å². The van der Waals surface area contributed by atoms with E-state index < -0.39 is 0 Å². The summed E-state index contributed by atoms with van der Waals surface area (Å²) in [6.07, 6.45) is 0. The maximum absolute atomic E-state index is 6.19. The van der Waals surface area contributed by atoms with E-state index in [9.17, 15) is 0 Å². The van der Waals surface area contributed by atoms with Crippen molar-refractivity contribution in [3.63, 3.8) is 0 Å². The van der Waals surface area contributed by atoms with Gasteiger partial charge in [-0.1, -0.05) is 103 Å². The third-order valence-corrected chi connectivity index (χ3v) is 11.2. The van der Waals surface area contributed by atoms with Crippen molar-refractivity contribution < 1.29 is 4.42 Å². The number of hydrogen-bond donors (Lipinski definition) is 0. The van der Waals surface area contributed by atoms with Crippen molar-refractivity contribution in [2.45, 2.75) is 0 Å². The van der Waals surface area contributed by atoms with Gasteiger partial charge in [-0.05, 0) is 84.9 Å². The van der Waals surface area contributed by atoms with Crippen molar-refractivity contribution in [2.75, 3.05) is 0 Å². The molecule has 4 aromatic heterocycles. The number of fused-ring (bicyclic) bond motifs is 11. The van der Waals surface area contributed by atoms with Crippen LogP contribution in [0, 0.1) is 0 Å². The minimum Gasteiger partial charge on any atom is -0.416 e. The Morgan fingerprint density at radius 1 is 0.316 bits per heavy atom. The highest BCUT2D eigenvalue weighted by molar-refractivity contribution is 6.31. The summed E-state index contributed by atoms with van der Waals surface area (Å²) in [5.74, 6) is 0.987. The van der Waals surface area contributed by atoms with Gasteiger partial charge in [0, 0.05) is 68.9 Å². The van der Waals surface area contributed by atoms with Crippen LogP contribution in [0.5, 0.6) is 0 Å². The summed E-state index contributed by atoms with van der Waals surface area (Å²) in [6, 6.07) is 66.6. The zero-order valence-electron chi connectivity index (χ0n) is 30.6. The number of nitrogens with zero attached hydrogens (tertiary/aromatic N) is 5. The van der Waals surface area contributed by atoms with Crippen LogP contribution in [-0.4, -0.2) is 32.3 Å². The molecule has 0 aliphatic carbocycles. The Labute approximate surface area is 329 Å². The molecule has 7 heteroatoms. The number of benzene rings is 8. The van der Waals surface area contributed by atoms with E-state index >= 15 is 0 Å². The molecular formula is C50H31BN5O. The predicted octanol–water partition coefficient (Wildman–Crippen LogP) is 12.3. The molecule has 265 valence electrons. The minimum absolute atomic E-state index is 0. The second-order valence-corrected chi connectivity index (χ2v) is 14.2. The zero-order chi connectivity index (χ0) is 36.7. The van der Waals surface area contributed by atoms with E-state index in [4.69, 9.17) is 4.42 Å². The fraction of sp³-hybridized carbons (Fsp3) is 0. The summed E-state index contributed by atoms with van der Waals surface area (Å²) in [7, 11) is 0. The monoisotopic (exact) mass is 728 g/mol. The van der Waals surface area contributed by atoms with Crippen molar-refractivity contribution in [3.8, 4) is 40.0 Å². The normalized spacial score (nSPS) is 11.7. The third-order valence-electron chi connectivity index (χ3n) is 11.2. The number of para-hydroxylation sites is 4. The number of rotatable bonds is 5. The molecule has 3 radical (unpaired) electrons. The molecule has 0 fully saturated rings. The number of aromatic nitrogens is 5. The van der Waals surface area contributed by atoms with Crippen LogP contribution < -0.4 is 0 Å². The Morgan fingerprint density at radius 2 is 0.719 bits per heavy atom. The van der Waals surface area contributed by atoms with E-state index in [0.717, 1.165) is 39.2 Å². The van der Waals surface area contributed by atoms with Gasteiger partial charge in [-0.25, -0.2) is 0 Å². The van der Waals surface area contributed by atoms with E-state index in [-0.39, 0.29) is 8.41 Å². The van der Waals surface area contributed by atoms with Crippen molar-refractivity contribution in [1.29, 1.82) is 0 Å². The fourth-order valence-electron chi connectivity index (χ4n) is 8.85. The lowest BCUT2D eigenvalue weighted by Gasteiger charge is -2.11. The standard InChI is InChI=1S/C50H31N5O.B/c1-4-14-32(15-5-1)49-51-52-50(56-49)33-24-26-36(27-25-33)55-47-37(28-30-43-45(47)39-20-10-12-22-41(39)53(43)34-16-6-2-7-17-34)38-29-31-44-46(48(38)55)40-21-11-13-23-42(40)54(44)35-18-8-3-9-19-35;/h1-31H;. The molecule has 6 nitrogen and oxygen atoms in total. The van der Waals surface area contributed by atoms with Crippen molar-refractivity contribution in [3.05, 3.63) is 188 Å². The highest BCUT2D eigenvalue weighted by Crippen LogP contribution is 2.46. The van der Waals surface area contributed by atoms with Crippen LogP contribution in [0.25, 0.3) is 105 Å². The number of hydrogen-bond acceptors (Lipinski definition) is 3. The Morgan fingerprint density at radius 3 is 1.21 bits per heavy atom. The summed E-state index contributed by atoms with van der Waals surface area (Å²) in [5, 5.41) is 16.1. The Balaban J connectivity index is 0.00000374. The SMILES string of the molecule is [B].c1ccc(-c2nnc(-c3ccc(-n4c5c(ccc6c5c5ccccc5n6-c5ccccc5)c5ccc6c(c7ccccc7n6-c6ccccc6)c54)cc3)o2)cc1. The van der Waals surface area contributed by atoms with E-state index in [1.165, 1.54) is 54.4 Å². The molecule has 0 spiro atoms. The quantitative estimate of drug-likeness (QED) is 0.166. The van der Waals surface area contributed by atoms with Gasteiger partial charge in [-0.3, -0.25) is 0 Å². The minimum atomic E-state index is 0. The molecule has 0 amide bonds. The molecule has 4 heterocycles. The maximum Gasteiger partial charge on any atom is 0.248 e. The van der Waals surface area contributed by atoms with Crippen LogP contribution in [0.15, 0.2) is 192 Å². The van der Waals surface area contributed by atoms with Crippen LogP contribution in [0.2, 0.25) is 0 Å². The van der Waals surface area contributed by atoms with Gasteiger partial charge >= 0.3 is 0 Å². The molecule has 0 aliphatic rings. The molecule has 0 aliphatic heterocycles. The largest absolute Gasteiger partial charge is 0.416 e. The predicted molar refractivity (Wildman–Crippen MR) is 234 cm³/mol. The van der Waals surface area contributed by atoms with E-state index in [0.29, 0.717) is 11.8 Å². The summed E-state index contributed by atoms with van der Waals surface area (Å²) >= 11 is 0. The van der Waals surface area contributed by atoms with Gasteiger partial charge in [-0.2, -0.15) is 0 Å². The van der Waals surface area contributed by atoms with Crippen LogP contribution >= 0.6 is 0 Å². The van der Waals surface area contributed by atoms with Crippen molar-refractivity contribution >= 4 is 73.8 Å². The first kappa shape index (κ1) is 32.8. The molecule has 0 saturated heterocycles. The third kappa shape index (κ3) is 4.79. The van der Waals surface area contributed by atoms with Gasteiger partial charge in [0.1, 0.15) is 0 Å². The van der Waals surface area contributed by atoms with Gasteiger partial charge in [0.15, 0.2) is 0 Å². The van der Waals surface area contributed by atoms with Crippen LogP contribution in [0.3, 0.4) is 0 Å². The second kappa shape index (κ2) is 12.7. The average molecular weight is 729 g/mol. The average Bonchev–Trinajstić information content (AvgIpc) is 4.05. The molecule has 12 rings (SSSR count). The Hall–Kier alpha value is -7.64. The first-order valence-electron chi connectivity index (χ1n) is 18.8. The molecule has 0 unspecified atom stereocenters. The highest BCUT2D eigenvalue weighted by atomic mass is 16.4. The zero-order valence-corrected chi connectivity index (χ0v) is 30.6. The molecule has 0 bridgehead atoms. The highest BCUT2D eigenvalue weighted by Gasteiger charge is 2.25. The van der Waals surface area contributed by atoms with Crippen LogP contribution in [0.1, 0.15) is 0 Å². The lowest BCUT2D eigenvalue weighted by Crippen LogP contribution is -1.96. The van der Waals surface area contributed by atoms with Gasteiger partial charge < -0.3 is 18.1 Å². The summed E-state index contributed by atoms with van der Waals surface area (Å²) < 4.78 is 13.5. The summed E-state index contributed by atoms with van der Waals surface area (Å²) in [6.45, 7) is 0. The van der Waals surface area contributed by atoms with Crippen molar-refractivity contribution in [1.82, 2.24) is 23.9 Å². The molecule has 0 saturated carbocycles. The van der Waals surface area contributed by atoms with E-state index in [1.54, 1.807) is 0 Å². The molecule has 0 N–H and O–H groups in total. The smallest absolute Gasteiger partial charge is 0.248 e. The van der Waals surface area contributed by atoms with Gasteiger partial charge in [0.2, 0.25) is 11.8 Å². The summed E-state index contributed by atoms with van der Waals surface area (Å²) in [5.41, 5.74) is 12.1. The fourth-order valence-corrected chi connectivity index (χ4v) is 8.85. The lowest BCUT2D eigenvalue weighted by atomic mass is 10.1. The van der Waals surface area contributed by atoms with E-state index in [1.807, 2.05) is 30.3 Å². The topological polar surface area (TPSA) is 53.7 Å². The lowest BCUT2D eigenvalue weighted by molar-refractivity contribution is 0.584. The molecule has 57 heavy (non-hydrogen) atoms. The first-order valence-corrected chi connectivity index (χ1v) is 18.8. The Kier molecular flexibility index (Phi) is 7.31. The first-order chi connectivity index (χ1) is 27.8. The summed E-state index contributed by atoms with van der Waals surface area (Å²) in [4.78, 5) is 0. The maximum atomic E-state index is 6.19. The van der Waals surface area contributed by atoms with Crippen LogP contribution in [-0.2, 0) is 0 Å². The second-order valence-electron chi connectivity index (χ2n) is 14.2. The molecule has 12 aromatic rings. The van der Waals surface area contributed by atoms with Gasteiger partial charge in [0.05, 0.1) is 33.1 Å². The van der Waals surface area contributed by atoms with Gasteiger partial charge in [-0.15, -0.1) is 10.2 Å². The van der Waals surface area contributed by atoms with E-state index in [2.05, 4.69) is 182 Å². The Bertz CT molecular complexity index is 3280. The molecule has 0 atom stereocenters. The molecular weight excluding hydrogens is 697 g/mol. The van der Waals surface area contributed by atoms with Gasteiger partial charge in [0.25, 0.3) is 0 Å².